The number of carbonyl (C=O) groups excluding carboxylic acids is 2. The molecule has 9 heteroatoms. The molecule has 2 saturated heterocycles. The number of hydrogen-bond acceptors (Lipinski definition) is 6. The Balaban J connectivity index is 1.06. The van der Waals surface area contributed by atoms with E-state index in [-0.39, 0.29) is 23.6 Å². The number of ether oxygens (including phenoxy) is 2. The number of anilines is 3. The lowest BCUT2D eigenvalue weighted by molar-refractivity contribution is -0.0127. The summed E-state index contributed by atoms with van der Waals surface area (Å²) in [7, 11) is 1.70. The van der Waals surface area contributed by atoms with Gasteiger partial charge in [0.05, 0.1) is 24.5 Å². The summed E-state index contributed by atoms with van der Waals surface area (Å²) in [5.41, 5.74) is 3.12. The smallest absolute Gasteiger partial charge is 0.319 e. The molecule has 2 aliphatic heterocycles. The highest BCUT2D eigenvalue weighted by Crippen LogP contribution is 2.55. The van der Waals surface area contributed by atoms with Crippen molar-refractivity contribution in [3.05, 3.63) is 48.0 Å². The highest BCUT2D eigenvalue weighted by molar-refractivity contribution is 6.02. The number of hydrogen-bond donors (Lipinski definition) is 3. The van der Waals surface area contributed by atoms with Gasteiger partial charge in [-0.3, -0.25) is 4.79 Å². The fourth-order valence-electron chi connectivity index (χ4n) is 8.92. The van der Waals surface area contributed by atoms with Gasteiger partial charge in [-0.05, 0) is 99.5 Å². The Labute approximate surface area is 254 Å². The molecule has 8 rings (SSSR count). The molecule has 1 unspecified atom stereocenters. The number of nitrogens with one attached hydrogen (secondary N) is 3. The first-order chi connectivity index (χ1) is 21.0. The molecule has 2 aromatic carbocycles. The fraction of sp³-hybridized carbons (Fsp3) is 0.588. The van der Waals surface area contributed by atoms with Gasteiger partial charge < -0.3 is 35.2 Å². The van der Waals surface area contributed by atoms with Gasteiger partial charge in [-0.25, -0.2) is 4.79 Å². The average Bonchev–Trinajstić information content (AvgIpc) is 3.53. The quantitative estimate of drug-likeness (QED) is 0.402. The van der Waals surface area contributed by atoms with E-state index < -0.39 is 0 Å². The van der Waals surface area contributed by atoms with Crippen molar-refractivity contribution in [3.8, 4) is 5.75 Å². The van der Waals surface area contributed by atoms with Crippen molar-refractivity contribution >= 4 is 29.0 Å². The van der Waals surface area contributed by atoms with Crippen molar-refractivity contribution in [1.29, 1.82) is 0 Å². The summed E-state index contributed by atoms with van der Waals surface area (Å²) >= 11 is 0. The first-order valence-corrected chi connectivity index (χ1v) is 16.2. The molecular formula is C34H45N5O4. The van der Waals surface area contributed by atoms with Gasteiger partial charge in [-0.2, -0.15) is 0 Å². The number of carbonyl (C=O) groups is 2. The topological polar surface area (TPSA) is 95.2 Å². The summed E-state index contributed by atoms with van der Waals surface area (Å²) < 4.78 is 11.3. The van der Waals surface area contributed by atoms with Crippen LogP contribution in [0.4, 0.5) is 21.9 Å². The summed E-state index contributed by atoms with van der Waals surface area (Å²) in [6.45, 7) is 4.40. The van der Waals surface area contributed by atoms with Crippen molar-refractivity contribution in [2.75, 3.05) is 61.6 Å². The molecule has 0 radical (unpaired) electrons. The molecule has 0 spiro atoms. The summed E-state index contributed by atoms with van der Waals surface area (Å²) in [6.07, 6.45) is 9.36. The Morgan fingerprint density at radius 1 is 0.930 bits per heavy atom. The Bertz CT molecular complexity index is 1300. The molecule has 0 aromatic heterocycles. The van der Waals surface area contributed by atoms with E-state index in [2.05, 4.69) is 31.8 Å². The van der Waals surface area contributed by atoms with Crippen LogP contribution in [0, 0.1) is 17.8 Å². The van der Waals surface area contributed by atoms with Gasteiger partial charge in [0.25, 0.3) is 5.91 Å². The monoisotopic (exact) mass is 587 g/mol. The second-order valence-electron chi connectivity index (χ2n) is 13.5. The third-order valence-corrected chi connectivity index (χ3v) is 10.5. The van der Waals surface area contributed by atoms with E-state index in [1.165, 1.54) is 19.3 Å². The van der Waals surface area contributed by atoms with Gasteiger partial charge >= 0.3 is 6.03 Å². The summed E-state index contributed by atoms with van der Waals surface area (Å²) in [5.74, 6) is 3.01. The number of piperazine rings is 1. The van der Waals surface area contributed by atoms with Gasteiger partial charge in [0, 0.05) is 56.2 Å². The maximum Gasteiger partial charge on any atom is 0.319 e. The molecule has 1 atom stereocenters. The zero-order valence-corrected chi connectivity index (χ0v) is 25.3. The third kappa shape index (κ3) is 6.01. The first kappa shape index (κ1) is 28.3. The molecule has 2 aromatic rings. The fourth-order valence-corrected chi connectivity index (χ4v) is 8.92. The zero-order chi connectivity index (χ0) is 29.4. The summed E-state index contributed by atoms with van der Waals surface area (Å²) in [6, 6.07) is 13.7. The molecular weight excluding hydrogens is 542 g/mol. The van der Waals surface area contributed by atoms with Crippen LogP contribution in [0.3, 0.4) is 0 Å². The van der Waals surface area contributed by atoms with E-state index in [4.69, 9.17) is 9.47 Å². The Morgan fingerprint density at radius 2 is 1.60 bits per heavy atom. The average molecular weight is 588 g/mol. The highest BCUT2D eigenvalue weighted by Gasteiger charge is 2.51. The SMILES string of the molecule is COc1ccccc1N1CCN(c2ccc(NC(=O)NC34CC5CC(CC(C5)C3)C4)cc2C(=O)NCC2CCCO2)CC1. The van der Waals surface area contributed by atoms with Crippen LogP contribution >= 0.6 is 0 Å². The maximum absolute atomic E-state index is 13.6. The third-order valence-electron chi connectivity index (χ3n) is 10.5. The Hall–Kier alpha value is -3.46. The summed E-state index contributed by atoms with van der Waals surface area (Å²) in [5, 5.41) is 9.59. The van der Waals surface area contributed by atoms with E-state index >= 15 is 0 Å². The number of para-hydroxylation sites is 2. The van der Waals surface area contributed by atoms with E-state index in [0.717, 1.165) is 99.8 Å². The van der Waals surface area contributed by atoms with Gasteiger partial charge in [0.15, 0.2) is 0 Å². The molecule has 230 valence electrons. The van der Waals surface area contributed by atoms with Gasteiger partial charge in [0.2, 0.25) is 0 Å². The number of urea groups is 1. The molecule has 3 N–H and O–H groups in total. The normalized spacial score (nSPS) is 29.4. The highest BCUT2D eigenvalue weighted by atomic mass is 16.5. The van der Waals surface area contributed by atoms with Crippen LogP contribution in [-0.4, -0.2) is 70.0 Å². The number of benzene rings is 2. The largest absolute Gasteiger partial charge is 0.495 e. The second kappa shape index (κ2) is 11.9. The lowest BCUT2D eigenvalue weighted by Gasteiger charge is -2.56. The number of amides is 3. The van der Waals surface area contributed by atoms with Crippen LogP contribution < -0.4 is 30.5 Å². The molecule has 6 aliphatic rings. The molecule has 6 fully saturated rings. The van der Waals surface area contributed by atoms with E-state index in [0.29, 0.717) is 17.8 Å². The maximum atomic E-state index is 13.6. The number of rotatable bonds is 8. The minimum Gasteiger partial charge on any atom is -0.495 e. The number of methoxy groups -OCH3 is 1. The lowest BCUT2D eigenvalue weighted by atomic mass is 9.53. The lowest BCUT2D eigenvalue weighted by Crippen LogP contribution is -2.60. The number of nitrogens with zero attached hydrogens (tertiary/aromatic N) is 2. The molecule has 9 nitrogen and oxygen atoms in total. The van der Waals surface area contributed by atoms with Crippen LogP contribution in [0.1, 0.15) is 61.7 Å². The van der Waals surface area contributed by atoms with Gasteiger partial charge in [-0.15, -0.1) is 0 Å². The van der Waals surface area contributed by atoms with Crippen LogP contribution in [0.5, 0.6) is 5.75 Å². The first-order valence-electron chi connectivity index (χ1n) is 16.2. The predicted molar refractivity (Wildman–Crippen MR) is 168 cm³/mol. The zero-order valence-electron chi connectivity index (χ0n) is 25.3. The Morgan fingerprint density at radius 3 is 2.26 bits per heavy atom. The predicted octanol–water partition coefficient (Wildman–Crippen LogP) is 5.02. The van der Waals surface area contributed by atoms with Crippen molar-refractivity contribution < 1.29 is 19.1 Å². The van der Waals surface area contributed by atoms with E-state index in [1.807, 2.05) is 36.4 Å². The molecule has 3 amide bonds. The van der Waals surface area contributed by atoms with E-state index in [1.54, 1.807) is 7.11 Å². The Kier molecular flexibility index (Phi) is 7.84. The molecule has 4 aliphatic carbocycles. The van der Waals surface area contributed by atoms with Crippen molar-refractivity contribution in [3.63, 3.8) is 0 Å². The van der Waals surface area contributed by atoms with Crippen LogP contribution in [0.25, 0.3) is 0 Å². The molecule has 4 bridgehead atoms. The van der Waals surface area contributed by atoms with E-state index in [9.17, 15) is 9.59 Å². The summed E-state index contributed by atoms with van der Waals surface area (Å²) in [4.78, 5) is 31.5. The second-order valence-corrected chi connectivity index (χ2v) is 13.5. The van der Waals surface area contributed by atoms with Gasteiger partial charge in [0.1, 0.15) is 5.75 Å². The van der Waals surface area contributed by atoms with Crippen LogP contribution in [0.2, 0.25) is 0 Å². The molecule has 43 heavy (non-hydrogen) atoms. The minimum absolute atomic E-state index is 0.0594. The van der Waals surface area contributed by atoms with Crippen molar-refractivity contribution in [2.45, 2.75) is 63.0 Å². The van der Waals surface area contributed by atoms with Crippen molar-refractivity contribution in [1.82, 2.24) is 10.6 Å². The molecule has 2 heterocycles. The minimum atomic E-state index is -0.161. The van der Waals surface area contributed by atoms with Crippen LogP contribution in [0.15, 0.2) is 42.5 Å². The molecule has 4 saturated carbocycles. The van der Waals surface area contributed by atoms with Crippen LogP contribution in [-0.2, 0) is 4.74 Å². The van der Waals surface area contributed by atoms with Crippen molar-refractivity contribution in [2.24, 2.45) is 17.8 Å². The standard InChI is InChI=1S/C34H45N5O4/c1-42-31-7-3-2-6-30(31)39-12-10-38(11-13-39)29-9-8-26(18-28(29)32(40)35-22-27-5-4-14-43-27)36-33(41)37-34-19-23-15-24(20-34)17-25(16-23)21-34/h2-3,6-9,18,23-25,27H,4-5,10-17,19-22H2,1H3,(H,35,40)(H2,36,37,41). The van der Waals surface area contributed by atoms with Gasteiger partial charge in [-0.1, -0.05) is 12.1 Å².